The monoisotopic (exact) mass is 576 g/mol. The molecule has 3 aliphatic rings. The van der Waals surface area contributed by atoms with E-state index in [1.54, 1.807) is 24.3 Å². The van der Waals surface area contributed by atoms with Gasteiger partial charge < -0.3 is 19.7 Å². The maximum atomic E-state index is 15.1. The van der Waals surface area contributed by atoms with Crippen molar-refractivity contribution in [3.05, 3.63) is 112 Å². The maximum Gasteiger partial charge on any atom is 0.238 e. The van der Waals surface area contributed by atoms with E-state index in [9.17, 15) is 9.59 Å². The third-order valence-electron chi connectivity index (χ3n) is 8.87. The first-order valence-electron chi connectivity index (χ1n) is 13.7. The van der Waals surface area contributed by atoms with Crippen LogP contribution in [0.2, 0.25) is 0 Å². The number of hydrogen-bond donors (Lipinski definition) is 1. The van der Waals surface area contributed by atoms with Crippen LogP contribution in [0.5, 0.6) is 11.5 Å². The zero-order valence-electron chi connectivity index (χ0n) is 23.3. The molecule has 4 atom stereocenters. The molecule has 8 heteroatoms. The van der Waals surface area contributed by atoms with E-state index in [0.29, 0.717) is 27.6 Å². The number of para-hydroxylation sites is 2. The summed E-state index contributed by atoms with van der Waals surface area (Å²) in [6.07, 6.45) is 2.05. The van der Waals surface area contributed by atoms with Gasteiger partial charge in [-0.1, -0.05) is 48.5 Å². The van der Waals surface area contributed by atoms with Crippen LogP contribution in [0.3, 0.4) is 0 Å². The molecule has 210 valence electrons. The number of Topliss-reactive ketones (excluding diaryl/α,β-unsaturated/α-hetero) is 2. The summed E-state index contributed by atoms with van der Waals surface area (Å²) in [4.78, 5) is 46.8. The lowest BCUT2D eigenvalue weighted by atomic mass is 9.64. The molecule has 1 saturated heterocycles. The van der Waals surface area contributed by atoms with Gasteiger partial charge in [0.15, 0.2) is 11.6 Å². The van der Waals surface area contributed by atoms with Gasteiger partial charge in [0.05, 0.1) is 36.6 Å². The number of carbonyl (C=O) groups excluding carboxylic acids is 3. The topological polar surface area (TPSA) is 84.9 Å². The van der Waals surface area contributed by atoms with Crippen molar-refractivity contribution in [1.82, 2.24) is 0 Å². The molecule has 4 unspecified atom stereocenters. The van der Waals surface area contributed by atoms with Crippen LogP contribution in [0.15, 0.2) is 90.3 Å². The summed E-state index contributed by atoms with van der Waals surface area (Å²) in [6, 6.07) is 22.4. The first-order chi connectivity index (χ1) is 20.4. The Morgan fingerprint density at radius 2 is 1.71 bits per heavy atom. The van der Waals surface area contributed by atoms with Crippen LogP contribution < -0.4 is 19.7 Å². The molecule has 3 aliphatic heterocycles. The molecule has 7 nitrogen and oxygen atoms in total. The Balaban J connectivity index is 1.57. The Bertz CT molecular complexity index is 1800. The third-order valence-corrected chi connectivity index (χ3v) is 9.76. The number of fused-ring (bicyclic) bond motifs is 6. The molecule has 0 saturated carbocycles. The van der Waals surface area contributed by atoms with Gasteiger partial charge in [-0.2, -0.15) is 0 Å². The van der Waals surface area contributed by atoms with Gasteiger partial charge in [0.1, 0.15) is 23.0 Å². The number of ether oxygens (including phenoxy) is 2. The standard InChI is InChI=1S/C34H28N2O5S/c1-19-17-28-34(23-10-5-6-11-24(23)35-33(34)39)29(31(37)22-18-20(40-2)14-15-26(22)41-3)30(32(38)27-13-8-16-42-27)36(28)25-12-7-4-9-21(19)25/h4-18,28-30H,1-3H3,(H,35,39). The van der Waals surface area contributed by atoms with Crippen LogP contribution in [0.4, 0.5) is 11.4 Å². The highest BCUT2D eigenvalue weighted by atomic mass is 32.1. The second-order valence-electron chi connectivity index (χ2n) is 10.8. The van der Waals surface area contributed by atoms with Crippen molar-refractivity contribution >= 4 is 45.8 Å². The summed E-state index contributed by atoms with van der Waals surface area (Å²) in [5.41, 5.74) is 2.98. The predicted octanol–water partition coefficient (Wildman–Crippen LogP) is 6.01. The van der Waals surface area contributed by atoms with Crippen molar-refractivity contribution in [1.29, 1.82) is 0 Å². The summed E-state index contributed by atoms with van der Waals surface area (Å²) in [5, 5.41) is 4.92. The van der Waals surface area contributed by atoms with Crippen molar-refractivity contribution in [2.24, 2.45) is 5.92 Å². The van der Waals surface area contributed by atoms with Gasteiger partial charge in [-0.15, -0.1) is 11.3 Å². The summed E-state index contributed by atoms with van der Waals surface area (Å²) >= 11 is 1.33. The molecule has 4 aromatic rings. The van der Waals surface area contributed by atoms with Gasteiger partial charge in [-0.3, -0.25) is 14.4 Å². The van der Waals surface area contributed by atoms with Gasteiger partial charge in [-0.25, -0.2) is 0 Å². The van der Waals surface area contributed by atoms with Crippen LogP contribution in [-0.2, 0) is 10.2 Å². The molecule has 4 heterocycles. The molecule has 0 aliphatic carbocycles. The molecule has 0 radical (unpaired) electrons. The van der Waals surface area contributed by atoms with E-state index in [2.05, 4.69) is 11.4 Å². The Morgan fingerprint density at radius 1 is 0.929 bits per heavy atom. The molecular formula is C34H28N2O5S. The summed E-state index contributed by atoms with van der Waals surface area (Å²) < 4.78 is 11.1. The first kappa shape index (κ1) is 26.2. The van der Waals surface area contributed by atoms with E-state index in [1.807, 2.05) is 71.8 Å². The zero-order valence-corrected chi connectivity index (χ0v) is 24.1. The number of ketones is 2. The average molecular weight is 577 g/mol. The second kappa shape index (κ2) is 9.70. The molecule has 42 heavy (non-hydrogen) atoms. The number of benzene rings is 3. The molecular weight excluding hydrogens is 548 g/mol. The SMILES string of the molecule is COc1ccc(OC)c(C(=O)C2C(C(=O)c3cccs3)N3c4ccccc4C(C)=CC3C23C(=O)Nc2ccccc23)c1. The maximum absolute atomic E-state index is 15.1. The first-order valence-corrected chi connectivity index (χ1v) is 14.6. The Hall–Kier alpha value is -4.69. The van der Waals surface area contributed by atoms with Crippen molar-refractivity contribution < 1.29 is 23.9 Å². The fourth-order valence-corrected chi connectivity index (χ4v) is 7.82. The van der Waals surface area contributed by atoms with E-state index >= 15 is 4.79 Å². The highest BCUT2D eigenvalue weighted by Gasteiger charge is 2.70. The number of nitrogens with one attached hydrogen (secondary N) is 1. The smallest absolute Gasteiger partial charge is 0.238 e. The number of nitrogens with zero attached hydrogens (tertiary/aromatic N) is 1. The lowest BCUT2D eigenvalue weighted by Crippen LogP contribution is -2.51. The van der Waals surface area contributed by atoms with E-state index in [0.717, 1.165) is 16.8 Å². The molecule has 3 aromatic carbocycles. The molecule has 1 aromatic heterocycles. The quantitative estimate of drug-likeness (QED) is 0.283. The number of thiophene rings is 1. The lowest BCUT2D eigenvalue weighted by molar-refractivity contribution is -0.121. The van der Waals surface area contributed by atoms with Gasteiger partial charge >= 0.3 is 0 Å². The summed E-state index contributed by atoms with van der Waals surface area (Å²) in [5.74, 6) is -1.12. The Labute approximate surface area is 247 Å². The highest BCUT2D eigenvalue weighted by Crippen LogP contribution is 2.59. The van der Waals surface area contributed by atoms with Gasteiger partial charge in [0, 0.05) is 16.9 Å². The van der Waals surface area contributed by atoms with Crippen molar-refractivity contribution in [3.63, 3.8) is 0 Å². The summed E-state index contributed by atoms with van der Waals surface area (Å²) in [7, 11) is 3.03. The number of rotatable bonds is 6. The normalized spacial score (nSPS) is 23.5. The summed E-state index contributed by atoms with van der Waals surface area (Å²) in [6.45, 7) is 2.01. The minimum Gasteiger partial charge on any atom is -0.497 e. The van der Waals surface area contributed by atoms with Crippen LogP contribution in [0.1, 0.15) is 38.1 Å². The number of hydrogen-bond acceptors (Lipinski definition) is 7. The largest absolute Gasteiger partial charge is 0.497 e. The third kappa shape index (κ3) is 3.48. The van der Waals surface area contributed by atoms with Crippen LogP contribution in [-0.4, -0.2) is 43.8 Å². The number of allylic oxidation sites excluding steroid dienone is 1. The molecule has 1 spiro atoms. The minimum atomic E-state index is -1.39. The van der Waals surface area contributed by atoms with Gasteiger partial charge in [0.25, 0.3) is 0 Å². The zero-order chi connectivity index (χ0) is 29.2. The van der Waals surface area contributed by atoms with Crippen molar-refractivity contribution in [3.8, 4) is 11.5 Å². The van der Waals surface area contributed by atoms with E-state index in [-0.39, 0.29) is 23.0 Å². The Morgan fingerprint density at radius 3 is 2.48 bits per heavy atom. The number of amides is 1. The molecule has 1 N–H and O–H groups in total. The van der Waals surface area contributed by atoms with Crippen LogP contribution in [0, 0.1) is 5.92 Å². The van der Waals surface area contributed by atoms with Crippen LogP contribution >= 0.6 is 11.3 Å². The molecule has 1 fully saturated rings. The number of carbonyl (C=O) groups is 3. The highest BCUT2D eigenvalue weighted by molar-refractivity contribution is 7.12. The minimum absolute atomic E-state index is 0.202. The number of methoxy groups -OCH3 is 2. The molecule has 0 bridgehead atoms. The predicted molar refractivity (Wildman–Crippen MR) is 163 cm³/mol. The van der Waals surface area contributed by atoms with E-state index in [1.165, 1.54) is 25.6 Å². The van der Waals surface area contributed by atoms with E-state index in [4.69, 9.17) is 9.47 Å². The Kier molecular flexibility index (Phi) is 6.06. The lowest BCUT2D eigenvalue weighted by Gasteiger charge is -2.39. The van der Waals surface area contributed by atoms with Crippen molar-refractivity contribution in [2.45, 2.75) is 24.4 Å². The molecule has 7 rings (SSSR count). The average Bonchev–Trinajstić information content (AvgIpc) is 3.73. The van der Waals surface area contributed by atoms with Gasteiger partial charge in [0.2, 0.25) is 5.91 Å². The fourth-order valence-electron chi connectivity index (χ4n) is 7.13. The van der Waals surface area contributed by atoms with Gasteiger partial charge in [-0.05, 0) is 59.8 Å². The van der Waals surface area contributed by atoms with Crippen LogP contribution in [0.25, 0.3) is 5.57 Å². The van der Waals surface area contributed by atoms with E-state index < -0.39 is 23.4 Å². The fraction of sp³-hybridized carbons (Fsp3) is 0.206. The second-order valence-corrected chi connectivity index (χ2v) is 11.7. The molecule has 1 amide bonds. The number of anilines is 2. The van der Waals surface area contributed by atoms with Crippen molar-refractivity contribution in [2.75, 3.05) is 24.4 Å².